The summed E-state index contributed by atoms with van der Waals surface area (Å²) in [7, 11) is -3.48. The first kappa shape index (κ1) is 24.8. The average Bonchev–Trinajstić information content (AvgIpc) is 3.29. The van der Waals surface area contributed by atoms with Crippen molar-refractivity contribution < 1.29 is 17.9 Å². The van der Waals surface area contributed by atoms with Crippen molar-refractivity contribution in [3.05, 3.63) is 53.6 Å². The van der Waals surface area contributed by atoms with Crippen LogP contribution in [0.3, 0.4) is 0 Å². The molecule has 3 rings (SSSR count). The van der Waals surface area contributed by atoms with Crippen molar-refractivity contribution in [2.45, 2.75) is 45.1 Å². The van der Waals surface area contributed by atoms with Crippen molar-refractivity contribution in [2.75, 3.05) is 26.2 Å². The smallest absolute Gasteiger partial charge is 0.286 e. The third-order valence-corrected chi connectivity index (χ3v) is 6.46. The highest BCUT2D eigenvalue weighted by molar-refractivity contribution is 7.89. The quantitative estimate of drug-likeness (QED) is 0.625. The molecule has 1 aromatic carbocycles. The maximum atomic E-state index is 12.7. The van der Waals surface area contributed by atoms with E-state index in [1.54, 1.807) is 42.8 Å². The monoisotopic (exact) mass is 448 g/mol. The molecule has 0 unspecified atom stereocenters. The molecule has 0 spiro atoms. The molecule has 31 heavy (non-hydrogen) atoms. The van der Waals surface area contributed by atoms with Gasteiger partial charge in [-0.25, -0.2) is 8.42 Å². The zero-order valence-electron chi connectivity index (χ0n) is 18.4. The highest BCUT2D eigenvalue weighted by Gasteiger charge is 2.25. The molecule has 0 bridgehead atoms. The zero-order valence-corrected chi connectivity index (χ0v) is 19.2. The van der Waals surface area contributed by atoms with E-state index in [9.17, 15) is 13.2 Å². The first-order chi connectivity index (χ1) is 15.0. The highest BCUT2D eigenvalue weighted by atomic mass is 32.2. The molecular weight excluding hydrogens is 416 g/mol. The van der Waals surface area contributed by atoms with Crippen LogP contribution in [-0.2, 0) is 26.1 Å². The van der Waals surface area contributed by atoms with Crippen molar-refractivity contribution in [1.29, 1.82) is 0 Å². The third-order valence-electron chi connectivity index (χ3n) is 4.55. The number of carbonyl (C=O) groups excluding carboxylic acids is 1. The van der Waals surface area contributed by atoms with Crippen LogP contribution in [0.1, 0.15) is 39.2 Å². The summed E-state index contributed by atoms with van der Waals surface area (Å²) in [5.74, 6) is 0.563. The summed E-state index contributed by atoms with van der Waals surface area (Å²) in [4.78, 5) is 16.6. The van der Waals surface area contributed by atoms with Gasteiger partial charge in [0, 0.05) is 45.4 Å². The minimum absolute atomic E-state index is 0.251. The number of amides is 1. The second kappa shape index (κ2) is 12.4. The van der Waals surface area contributed by atoms with E-state index in [1.807, 2.05) is 20.8 Å². The van der Waals surface area contributed by atoms with Crippen LogP contribution in [0, 0.1) is 0 Å². The molecule has 1 aromatic rings. The SMILES string of the molecule is CC.CCC=N/C=C1\CC=C(C(=O)NCc2ccc(S(=O)(=O)N3CCNCC3)cc2)O1. The number of hydrogen-bond donors (Lipinski definition) is 2. The van der Waals surface area contributed by atoms with Gasteiger partial charge in [-0.15, -0.1) is 0 Å². The Kier molecular flexibility index (Phi) is 9.90. The van der Waals surface area contributed by atoms with E-state index >= 15 is 0 Å². The normalized spacial score (nSPS) is 18.3. The number of carbonyl (C=O) groups is 1. The van der Waals surface area contributed by atoms with E-state index in [-0.39, 0.29) is 23.1 Å². The summed E-state index contributed by atoms with van der Waals surface area (Å²) in [6.07, 6.45) is 6.45. The van der Waals surface area contributed by atoms with Gasteiger partial charge in [0.25, 0.3) is 5.91 Å². The van der Waals surface area contributed by atoms with E-state index in [0.29, 0.717) is 38.4 Å². The van der Waals surface area contributed by atoms with Crippen molar-refractivity contribution >= 4 is 22.1 Å². The van der Waals surface area contributed by atoms with E-state index in [4.69, 9.17) is 4.74 Å². The van der Waals surface area contributed by atoms with E-state index in [1.165, 1.54) is 4.31 Å². The Morgan fingerprint density at radius 2 is 1.90 bits per heavy atom. The number of sulfonamides is 1. The minimum atomic E-state index is -3.48. The highest BCUT2D eigenvalue weighted by Crippen LogP contribution is 2.21. The molecule has 2 aliphatic heterocycles. The summed E-state index contributed by atoms with van der Waals surface area (Å²) in [5.41, 5.74) is 0.805. The Labute approximate surface area is 185 Å². The second-order valence-electron chi connectivity index (χ2n) is 6.69. The van der Waals surface area contributed by atoms with Crippen molar-refractivity contribution in [3.63, 3.8) is 0 Å². The van der Waals surface area contributed by atoms with Crippen LogP contribution in [0.15, 0.2) is 57.9 Å². The average molecular weight is 449 g/mol. The molecule has 0 atom stereocenters. The standard InChI is InChI=1S/C20H26N4O4S.C2H6/c1-2-9-22-15-17-5-8-19(28-17)20(25)23-14-16-3-6-18(7-4-16)29(26,27)24-12-10-21-11-13-24;1-2/h3-4,6-9,15,21H,2,5,10-14H2,1H3,(H,23,25);1-2H3/b17-15+,22-9?;. The molecule has 1 amide bonds. The van der Waals surface area contributed by atoms with Gasteiger partial charge in [0.1, 0.15) is 5.76 Å². The number of piperazine rings is 1. The maximum absolute atomic E-state index is 12.7. The summed E-state index contributed by atoms with van der Waals surface area (Å²) in [6.45, 7) is 8.51. The fourth-order valence-corrected chi connectivity index (χ4v) is 4.40. The Morgan fingerprint density at radius 3 is 2.55 bits per heavy atom. The first-order valence-corrected chi connectivity index (χ1v) is 12.1. The summed E-state index contributed by atoms with van der Waals surface area (Å²) < 4.78 is 32.3. The lowest BCUT2D eigenvalue weighted by Gasteiger charge is -2.26. The van der Waals surface area contributed by atoms with E-state index in [2.05, 4.69) is 15.6 Å². The van der Waals surface area contributed by atoms with Gasteiger partial charge in [-0.3, -0.25) is 9.79 Å². The van der Waals surface area contributed by atoms with Gasteiger partial charge < -0.3 is 15.4 Å². The number of hydrogen-bond acceptors (Lipinski definition) is 6. The Balaban J connectivity index is 0.00000166. The predicted molar refractivity (Wildman–Crippen MR) is 122 cm³/mol. The van der Waals surface area contributed by atoms with Crippen LogP contribution in [0.2, 0.25) is 0 Å². The molecule has 170 valence electrons. The number of allylic oxidation sites excluding steroid dienone is 1. The molecule has 2 N–H and O–H groups in total. The number of nitrogens with one attached hydrogen (secondary N) is 2. The van der Waals surface area contributed by atoms with Gasteiger partial charge in [0.15, 0.2) is 5.76 Å². The Hall–Kier alpha value is -2.49. The number of benzene rings is 1. The Bertz CT molecular complexity index is 915. The topological polar surface area (TPSA) is 100 Å². The molecule has 0 saturated carbocycles. The van der Waals surface area contributed by atoms with Crippen LogP contribution in [0.25, 0.3) is 0 Å². The third kappa shape index (κ3) is 7.02. The molecular formula is C22H32N4O4S. The minimum Gasteiger partial charge on any atom is -0.454 e. The molecule has 2 aliphatic rings. The fraction of sp³-hybridized carbons (Fsp3) is 0.455. The number of ether oxygens (including phenoxy) is 1. The van der Waals surface area contributed by atoms with Crippen LogP contribution >= 0.6 is 0 Å². The first-order valence-electron chi connectivity index (χ1n) is 10.7. The Morgan fingerprint density at radius 1 is 1.23 bits per heavy atom. The number of aliphatic imine (C=N–C) groups is 1. The molecule has 8 nitrogen and oxygen atoms in total. The fourth-order valence-electron chi connectivity index (χ4n) is 2.96. The number of nitrogens with zero attached hydrogens (tertiary/aromatic N) is 2. The zero-order chi connectivity index (χ0) is 22.7. The van der Waals surface area contributed by atoms with Crippen molar-refractivity contribution in [3.8, 4) is 0 Å². The summed E-state index contributed by atoms with van der Waals surface area (Å²) in [6, 6.07) is 6.58. The van der Waals surface area contributed by atoms with Gasteiger partial charge >= 0.3 is 0 Å². The van der Waals surface area contributed by atoms with Gasteiger partial charge in [0.05, 0.1) is 11.1 Å². The number of rotatable bonds is 7. The van der Waals surface area contributed by atoms with E-state index < -0.39 is 10.0 Å². The lowest BCUT2D eigenvalue weighted by atomic mass is 10.2. The largest absolute Gasteiger partial charge is 0.454 e. The van der Waals surface area contributed by atoms with Gasteiger partial charge in [-0.2, -0.15) is 4.31 Å². The molecule has 1 fully saturated rings. The summed E-state index contributed by atoms with van der Waals surface area (Å²) >= 11 is 0. The van der Waals surface area contributed by atoms with Gasteiger partial charge in [-0.05, 0) is 30.2 Å². The van der Waals surface area contributed by atoms with Crippen LogP contribution in [0.4, 0.5) is 0 Å². The molecule has 9 heteroatoms. The summed E-state index contributed by atoms with van der Waals surface area (Å²) in [5, 5.41) is 5.93. The second-order valence-corrected chi connectivity index (χ2v) is 8.63. The molecule has 0 radical (unpaired) electrons. The molecule has 0 aromatic heterocycles. The molecule has 1 saturated heterocycles. The van der Waals surface area contributed by atoms with Gasteiger partial charge in [-0.1, -0.05) is 32.9 Å². The van der Waals surface area contributed by atoms with E-state index in [0.717, 1.165) is 12.0 Å². The van der Waals surface area contributed by atoms with Crippen LogP contribution in [-0.4, -0.2) is 51.0 Å². The van der Waals surface area contributed by atoms with Crippen LogP contribution < -0.4 is 10.6 Å². The maximum Gasteiger partial charge on any atom is 0.286 e. The van der Waals surface area contributed by atoms with Gasteiger partial charge in [0.2, 0.25) is 10.0 Å². The molecule has 0 aliphatic carbocycles. The van der Waals surface area contributed by atoms with Crippen molar-refractivity contribution in [2.24, 2.45) is 4.99 Å². The van der Waals surface area contributed by atoms with Crippen molar-refractivity contribution in [1.82, 2.24) is 14.9 Å². The molecule has 2 heterocycles. The lowest BCUT2D eigenvalue weighted by Crippen LogP contribution is -2.46. The van der Waals surface area contributed by atoms with Crippen LogP contribution in [0.5, 0.6) is 0 Å². The predicted octanol–water partition coefficient (Wildman–Crippen LogP) is 2.55. The lowest BCUT2D eigenvalue weighted by molar-refractivity contribution is -0.120.